The van der Waals surface area contributed by atoms with E-state index in [4.69, 9.17) is 0 Å². The molecular formula is C38H46O4. The van der Waals surface area contributed by atoms with E-state index in [0.29, 0.717) is 22.3 Å². The Balaban J connectivity index is 1.86. The van der Waals surface area contributed by atoms with E-state index in [9.17, 15) is 20.4 Å². The first-order valence-electron chi connectivity index (χ1n) is 14.6. The van der Waals surface area contributed by atoms with E-state index in [-0.39, 0.29) is 28.4 Å². The van der Waals surface area contributed by atoms with Crippen LogP contribution in [0.25, 0.3) is 0 Å². The molecule has 4 aromatic carbocycles. The largest absolute Gasteiger partial charge is 0.507 e. The van der Waals surface area contributed by atoms with Crippen LogP contribution in [0.4, 0.5) is 0 Å². The first-order chi connectivity index (χ1) is 19.3. The number of aromatic hydroxyl groups is 4. The molecule has 0 aliphatic rings. The highest BCUT2D eigenvalue weighted by molar-refractivity contribution is 5.61. The third kappa shape index (κ3) is 5.02. The second-order valence-corrected chi connectivity index (χ2v) is 14.2. The molecule has 0 aliphatic carbocycles. The van der Waals surface area contributed by atoms with Crippen molar-refractivity contribution in [3.05, 3.63) is 117 Å². The lowest BCUT2D eigenvalue weighted by molar-refractivity contribution is 0.408. The number of para-hydroxylation sites is 4. The fourth-order valence-electron chi connectivity index (χ4n) is 6.36. The van der Waals surface area contributed by atoms with Gasteiger partial charge >= 0.3 is 0 Å². The van der Waals surface area contributed by atoms with Gasteiger partial charge in [0.05, 0.1) is 0 Å². The summed E-state index contributed by atoms with van der Waals surface area (Å²) in [6.45, 7) is 20.1. The topological polar surface area (TPSA) is 80.9 Å². The predicted octanol–water partition coefficient (Wildman–Crippen LogP) is 9.09. The molecule has 4 aromatic rings. The summed E-state index contributed by atoms with van der Waals surface area (Å²) in [5.74, 6) is 0.727. The molecule has 0 amide bonds. The Morgan fingerprint density at radius 2 is 0.595 bits per heavy atom. The van der Waals surface area contributed by atoms with Gasteiger partial charge in [-0.15, -0.1) is 0 Å². The molecular weight excluding hydrogens is 520 g/mol. The van der Waals surface area contributed by atoms with E-state index in [1.165, 1.54) is 0 Å². The molecule has 0 atom stereocenters. The Labute approximate surface area is 251 Å². The summed E-state index contributed by atoms with van der Waals surface area (Å²) in [5.41, 5.74) is 3.40. The SMILES string of the molecule is Cc1cccc(C(C)(C)c2cccc(C(C)(C)c3cccc(C(C)(C)c4cccc(C(C)(C)C)c4O)c3O)c2O)c1O. The molecule has 222 valence electrons. The van der Waals surface area contributed by atoms with Crippen LogP contribution in [0.15, 0.2) is 72.8 Å². The Morgan fingerprint density at radius 3 is 0.905 bits per heavy atom. The van der Waals surface area contributed by atoms with Crippen LogP contribution in [0, 0.1) is 6.92 Å². The van der Waals surface area contributed by atoms with Crippen molar-refractivity contribution < 1.29 is 20.4 Å². The van der Waals surface area contributed by atoms with Crippen molar-refractivity contribution in [2.75, 3.05) is 0 Å². The fourth-order valence-corrected chi connectivity index (χ4v) is 6.36. The van der Waals surface area contributed by atoms with Gasteiger partial charge in [0.15, 0.2) is 0 Å². The monoisotopic (exact) mass is 566 g/mol. The third-order valence-corrected chi connectivity index (χ3v) is 9.19. The highest BCUT2D eigenvalue weighted by Gasteiger charge is 2.38. The van der Waals surface area contributed by atoms with Crippen LogP contribution in [0.1, 0.15) is 107 Å². The molecule has 0 bridgehead atoms. The number of rotatable bonds is 6. The molecule has 0 heterocycles. The Bertz CT molecular complexity index is 1630. The van der Waals surface area contributed by atoms with Gasteiger partial charge in [-0.05, 0) is 23.5 Å². The molecule has 0 spiro atoms. The van der Waals surface area contributed by atoms with Crippen molar-refractivity contribution in [2.24, 2.45) is 0 Å². The maximum Gasteiger partial charge on any atom is 0.123 e. The smallest absolute Gasteiger partial charge is 0.123 e. The van der Waals surface area contributed by atoms with Crippen molar-refractivity contribution in [3.63, 3.8) is 0 Å². The lowest BCUT2D eigenvalue weighted by Gasteiger charge is -2.35. The molecule has 42 heavy (non-hydrogen) atoms. The second kappa shape index (κ2) is 10.4. The van der Waals surface area contributed by atoms with Crippen molar-refractivity contribution in [1.82, 2.24) is 0 Å². The van der Waals surface area contributed by atoms with Crippen LogP contribution in [0.3, 0.4) is 0 Å². The first kappa shape index (κ1) is 31.0. The molecule has 0 saturated heterocycles. The number of aryl methyl sites for hydroxylation is 1. The van der Waals surface area contributed by atoms with Gasteiger partial charge in [-0.1, -0.05) is 135 Å². The average Bonchev–Trinajstić information content (AvgIpc) is 2.89. The molecule has 0 unspecified atom stereocenters. The summed E-state index contributed by atoms with van der Waals surface area (Å²) < 4.78 is 0. The molecule has 4 rings (SSSR count). The Kier molecular flexibility index (Phi) is 7.69. The van der Waals surface area contributed by atoms with E-state index >= 15 is 0 Å². The van der Waals surface area contributed by atoms with Crippen LogP contribution in [0.5, 0.6) is 23.0 Å². The van der Waals surface area contributed by atoms with E-state index in [2.05, 4.69) is 20.8 Å². The molecule has 0 saturated carbocycles. The van der Waals surface area contributed by atoms with E-state index in [1.54, 1.807) is 0 Å². The highest BCUT2D eigenvalue weighted by Crippen LogP contribution is 2.50. The first-order valence-corrected chi connectivity index (χ1v) is 14.6. The summed E-state index contributed by atoms with van der Waals surface area (Å²) in [6, 6.07) is 22.9. The molecule has 4 nitrogen and oxygen atoms in total. The van der Waals surface area contributed by atoms with E-state index in [0.717, 1.165) is 22.3 Å². The summed E-state index contributed by atoms with van der Waals surface area (Å²) in [4.78, 5) is 0. The van der Waals surface area contributed by atoms with E-state index in [1.807, 2.05) is 121 Å². The van der Waals surface area contributed by atoms with Gasteiger partial charge in [0.1, 0.15) is 23.0 Å². The number of benzene rings is 4. The van der Waals surface area contributed by atoms with Gasteiger partial charge in [-0.2, -0.15) is 0 Å². The van der Waals surface area contributed by atoms with Crippen molar-refractivity contribution in [1.29, 1.82) is 0 Å². The van der Waals surface area contributed by atoms with Gasteiger partial charge < -0.3 is 20.4 Å². The van der Waals surface area contributed by atoms with Crippen molar-refractivity contribution >= 4 is 0 Å². The third-order valence-electron chi connectivity index (χ3n) is 9.19. The minimum Gasteiger partial charge on any atom is -0.507 e. The second-order valence-electron chi connectivity index (χ2n) is 14.2. The van der Waals surface area contributed by atoms with Gasteiger partial charge in [0.25, 0.3) is 0 Å². The lowest BCUT2D eigenvalue weighted by atomic mass is 9.69. The molecule has 0 fully saturated rings. The normalized spacial score (nSPS) is 12.9. The molecule has 0 aromatic heterocycles. The lowest BCUT2D eigenvalue weighted by Crippen LogP contribution is -2.25. The van der Waals surface area contributed by atoms with Gasteiger partial charge in [-0.25, -0.2) is 0 Å². The van der Waals surface area contributed by atoms with Gasteiger partial charge in [0, 0.05) is 49.6 Å². The van der Waals surface area contributed by atoms with Gasteiger partial charge in [0.2, 0.25) is 0 Å². The fraction of sp³-hybridized carbons (Fsp3) is 0.368. The molecule has 0 radical (unpaired) electrons. The zero-order valence-electron chi connectivity index (χ0n) is 26.7. The molecule has 4 heteroatoms. The van der Waals surface area contributed by atoms with Crippen LogP contribution in [-0.4, -0.2) is 20.4 Å². The quantitative estimate of drug-likeness (QED) is 0.188. The van der Waals surface area contributed by atoms with Crippen molar-refractivity contribution in [3.8, 4) is 23.0 Å². The zero-order valence-corrected chi connectivity index (χ0v) is 26.7. The Morgan fingerprint density at radius 1 is 0.357 bits per heavy atom. The van der Waals surface area contributed by atoms with Crippen LogP contribution in [0.2, 0.25) is 0 Å². The average molecular weight is 567 g/mol. The number of hydrogen-bond donors (Lipinski definition) is 4. The number of hydrogen-bond acceptors (Lipinski definition) is 4. The minimum absolute atomic E-state index is 0.132. The standard InChI is InChI=1S/C38H46O4/c1-23-15-11-17-25(31(23)39)36(5,6)27-19-13-21-29(33(27)41)38(9,10)30-22-14-20-28(34(30)42)37(7,8)26-18-12-16-24(32(26)40)35(2,3)4/h11-22,39-42H,1-10H3. The Hall–Kier alpha value is -3.92. The summed E-state index contributed by atoms with van der Waals surface area (Å²) >= 11 is 0. The van der Waals surface area contributed by atoms with Gasteiger partial charge in [-0.3, -0.25) is 0 Å². The molecule has 0 aliphatic heterocycles. The summed E-state index contributed by atoms with van der Waals surface area (Å²) in [6.07, 6.45) is 0. The van der Waals surface area contributed by atoms with Crippen LogP contribution < -0.4 is 0 Å². The van der Waals surface area contributed by atoms with Crippen LogP contribution >= 0.6 is 0 Å². The highest BCUT2D eigenvalue weighted by atomic mass is 16.3. The zero-order chi connectivity index (χ0) is 31.4. The number of phenolic OH excluding ortho intramolecular Hbond substituents is 4. The summed E-state index contributed by atoms with van der Waals surface area (Å²) in [5, 5.41) is 45.9. The molecule has 4 N–H and O–H groups in total. The number of phenols is 4. The van der Waals surface area contributed by atoms with E-state index < -0.39 is 16.2 Å². The summed E-state index contributed by atoms with van der Waals surface area (Å²) in [7, 11) is 0. The maximum absolute atomic E-state index is 11.9. The van der Waals surface area contributed by atoms with Crippen molar-refractivity contribution in [2.45, 2.75) is 90.9 Å². The minimum atomic E-state index is -0.781. The van der Waals surface area contributed by atoms with Crippen LogP contribution in [-0.2, 0) is 21.7 Å². The predicted molar refractivity (Wildman–Crippen MR) is 172 cm³/mol. The maximum atomic E-state index is 11.9.